The zero-order valence-corrected chi connectivity index (χ0v) is 15.4. The number of aliphatic imine (C=N–C) groups is 2. The van der Waals surface area contributed by atoms with Crippen LogP contribution in [0.4, 0.5) is 4.39 Å². The number of hydrogen-bond donors (Lipinski definition) is 3. The number of H-pyrrole nitrogens is 1. The maximum Gasteiger partial charge on any atom is 0.255 e. The summed E-state index contributed by atoms with van der Waals surface area (Å²) in [5, 5.41) is 15.6. The average Bonchev–Trinajstić information content (AvgIpc) is 3.42. The molecule has 29 heavy (non-hydrogen) atoms. The number of aliphatic hydroxyl groups is 1. The Kier molecular flexibility index (Phi) is 5.41. The topological polar surface area (TPSA) is 122 Å². The molecule has 0 amide bonds. The largest absolute Gasteiger partial charge is 0.436 e. The van der Waals surface area contributed by atoms with Gasteiger partial charge in [0.2, 0.25) is 0 Å². The second-order valence-corrected chi connectivity index (χ2v) is 6.56. The average molecular weight is 394 g/mol. The Morgan fingerprint density at radius 3 is 2.72 bits per heavy atom. The van der Waals surface area contributed by atoms with Crippen LogP contribution in [0, 0.1) is 5.82 Å². The van der Waals surface area contributed by atoms with E-state index >= 15 is 0 Å². The van der Waals surface area contributed by atoms with Crippen molar-refractivity contribution in [1.82, 2.24) is 15.2 Å². The molecular formula is C20H19FN6O2. The molecule has 0 fully saturated rings. The van der Waals surface area contributed by atoms with Gasteiger partial charge in [0.1, 0.15) is 11.9 Å². The molecule has 1 aliphatic rings. The van der Waals surface area contributed by atoms with Crippen molar-refractivity contribution < 1.29 is 14.2 Å². The first kappa shape index (κ1) is 18.9. The van der Waals surface area contributed by atoms with E-state index in [4.69, 9.17) is 15.6 Å². The van der Waals surface area contributed by atoms with E-state index < -0.39 is 5.82 Å². The van der Waals surface area contributed by atoms with Gasteiger partial charge < -0.3 is 15.6 Å². The lowest BCUT2D eigenvalue weighted by molar-refractivity contribution is 0.255. The first-order chi connectivity index (χ1) is 14.1. The monoisotopic (exact) mass is 394 g/mol. The fourth-order valence-corrected chi connectivity index (χ4v) is 2.86. The highest BCUT2D eigenvalue weighted by molar-refractivity contribution is 6.39. The van der Waals surface area contributed by atoms with Gasteiger partial charge >= 0.3 is 0 Å². The fourth-order valence-electron chi connectivity index (χ4n) is 2.86. The Morgan fingerprint density at radius 2 is 2.03 bits per heavy atom. The lowest BCUT2D eigenvalue weighted by Crippen LogP contribution is -2.27. The number of pyridine rings is 1. The Bertz CT molecular complexity index is 1030. The molecule has 0 bridgehead atoms. The number of ether oxygens (including phenoxy) is 1. The third-order valence-electron chi connectivity index (χ3n) is 4.39. The molecule has 0 aliphatic carbocycles. The molecule has 8 nitrogen and oxygen atoms in total. The van der Waals surface area contributed by atoms with E-state index in [2.05, 4.69) is 25.2 Å². The Morgan fingerprint density at radius 1 is 1.21 bits per heavy atom. The maximum atomic E-state index is 14.3. The molecule has 0 saturated carbocycles. The lowest BCUT2D eigenvalue weighted by atomic mass is 10.1. The highest BCUT2D eigenvalue weighted by Gasteiger charge is 2.17. The number of aromatic nitrogens is 3. The van der Waals surface area contributed by atoms with Crippen LogP contribution < -0.4 is 10.5 Å². The number of nitrogens with zero attached hydrogens (tertiary/aromatic N) is 4. The summed E-state index contributed by atoms with van der Waals surface area (Å²) in [4.78, 5) is 12.8. The zero-order valence-electron chi connectivity index (χ0n) is 15.4. The SMILES string of the molecule is N[C@H](CO)CC1N=CC(c2ccc(Oc3ncc(-c4ccn[nH]4)cc3F)cc2)=N1. The highest BCUT2D eigenvalue weighted by Crippen LogP contribution is 2.26. The van der Waals surface area contributed by atoms with Crippen molar-refractivity contribution in [2.75, 3.05) is 6.61 Å². The molecule has 1 aromatic carbocycles. The van der Waals surface area contributed by atoms with Crippen molar-refractivity contribution in [2.24, 2.45) is 15.7 Å². The summed E-state index contributed by atoms with van der Waals surface area (Å²) >= 11 is 0. The molecule has 2 atom stereocenters. The van der Waals surface area contributed by atoms with Crippen LogP contribution in [0.25, 0.3) is 11.3 Å². The summed E-state index contributed by atoms with van der Waals surface area (Å²) in [5.74, 6) is -0.237. The molecule has 9 heteroatoms. The van der Waals surface area contributed by atoms with E-state index in [1.54, 1.807) is 30.6 Å². The Labute approximate surface area is 166 Å². The lowest BCUT2D eigenvalue weighted by Gasteiger charge is -2.09. The first-order valence-electron chi connectivity index (χ1n) is 9.03. The van der Waals surface area contributed by atoms with Crippen LogP contribution in [0.3, 0.4) is 0 Å². The van der Waals surface area contributed by atoms with Crippen LogP contribution in [-0.4, -0.2) is 51.0 Å². The van der Waals surface area contributed by atoms with Crippen molar-refractivity contribution in [3.05, 3.63) is 60.2 Å². The van der Waals surface area contributed by atoms with Crippen LogP contribution in [0.2, 0.25) is 0 Å². The van der Waals surface area contributed by atoms with Gasteiger partial charge in [-0.05, 0) is 36.4 Å². The Hall–Kier alpha value is -3.43. The molecule has 0 radical (unpaired) electrons. The number of rotatable bonds is 7. The van der Waals surface area contributed by atoms with Gasteiger partial charge in [0.15, 0.2) is 5.82 Å². The normalized spacial score (nSPS) is 16.7. The van der Waals surface area contributed by atoms with Crippen LogP contribution in [-0.2, 0) is 0 Å². The third kappa shape index (κ3) is 4.36. The van der Waals surface area contributed by atoms with Crippen molar-refractivity contribution in [3.63, 3.8) is 0 Å². The molecule has 1 aliphatic heterocycles. The molecule has 4 N–H and O–H groups in total. The van der Waals surface area contributed by atoms with E-state index in [9.17, 15) is 4.39 Å². The first-order valence-corrected chi connectivity index (χ1v) is 9.03. The summed E-state index contributed by atoms with van der Waals surface area (Å²) < 4.78 is 19.9. The van der Waals surface area contributed by atoms with Crippen molar-refractivity contribution in [2.45, 2.75) is 18.6 Å². The zero-order chi connectivity index (χ0) is 20.2. The van der Waals surface area contributed by atoms with Gasteiger partial charge in [0.25, 0.3) is 5.88 Å². The number of halogens is 1. The molecule has 3 heterocycles. The molecule has 3 aromatic rings. The summed E-state index contributed by atoms with van der Waals surface area (Å²) in [7, 11) is 0. The molecule has 0 saturated heterocycles. The van der Waals surface area contributed by atoms with Crippen LogP contribution in [0.15, 0.2) is 58.8 Å². The minimum atomic E-state index is -0.573. The molecular weight excluding hydrogens is 375 g/mol. The standard InChI is InChI=1S/C20H19FN6O2/c21-16-7-13(17-5-6-25-27-17)9-24-20(16)29-15-3-1-12(2-4-15)18-10-23-19(26-18)8-14(22)11-28/h1-7,9-10,14,19,28H,8,11,22H2,(H,25,27)/t14-,19?/m0/s1. The van der Waals surface area contributed by atoms with E-state index in [1.807, 2.05) is 12.1 Å². The number of hydrogen-bond acceptors (Lipinski definition) is 7. The highest BCUT2D eigenvalue weighted by atomic mass is 19.1. The van der Waals surface area contributed by atoms with Gasteiger partial charge in [-0.1, -0.05) is 0 Å². The van der Waals surface area contributed by atoms with E-state index in [-0.39, 0.29) is 24.7 Å². The number of aromatic amines is 1. The number of benzene rings is 1. The number of aliphatic hydroxyl groups excluding tert-OH is 1. The van der Waals surface area contributed by atoms with Crippen molar-refractivity contribution in [1.29, 1.82) is 0 Å². The van der Waals surface area contributed by atoms with E-state index in [0.717, 1.165) is 11.3 Å². The summed E-state index contributed by atoms with van der Waals surface area (Å²) in [6.45, 7) is -0.101. The van der Waals surface area contributed by atoms with Gasteiger partial charge in [-0.25, -0.2) is 9.37 Å². The smallest absolute Gasteiger partial charge is 0.255 e. The third-order valence-corrected chi connectivity index (χ3v) is 4.39. The van der Waals surface area contributed by atoms with E-state index in [0.29, 0.717) is 23.4 Å². The van der Waals surface area contributed by atoms with Gasteiger partial charge in [-0.3, -0.25) is 15.1 Å². The van der Waals surface area contributed by atoms with Crippen LogP contribution in [0.1, 0.15) is 12.0 Å². The summed E-state index contributed by atoms with van der Waals surface area (Å²) in [6.07, 6.45) is 4.98. The number of nitrogens with two attached hydrogens (primary N) is 1. The second-order valence-electron chi connectivity index (χ2n) is 6.56. The van der Waals surface area contributed by atoms with Gasteiger partial charge in [-0.15, -0.1) is 0 Å². The van der Waals surface area contributed by atoms with Crippen LogP contribution >= 0.6 is 0 Å². The van der Waals surface area contributed by atoms with Crippen molar-refractivity contribution >= 4 is 11.9 Å². The molecule has 4 rings (SSSR count). The predicted molar refractivity (Wildman–Crippen MR) is 107 cm³/mol. The minimum absolute atomic E-state index is 0.101. The second kappa shape index (κ2) is 8.29. The Balaban J connectivity index is 1.44. The van der Waals surface area contributed by atoms with Gasteiger partial charge in [0.05, 0.1) is 18.0 Å². The summed E-state index contributed by atoms with van der Waals surface area (Å²) in [5.41, 5.74) is 8.55. The predicted octanol–water partition coefficient (Wildman–Crippen LogP) is 2.31. The molecule has 0 spiro atoms. The maximum absolute atomic E-state index is 14.3. The van der Waals surface area contributed by atoms with Crippen LogP contribution in [0.5, 0.6) is 11.6 Å². The van der Waals surface area contributed by atoms with Gasteiger partial charge in [-0.2, -0.15) is 5.10 Å². The molecule has 1 unspecified atom stereocenters. The van der Waals surface area contributed by atoms with Crippen molar-refractivity contribution in [3.8, 4) is 22.9 Å². The molecule has 148 valence electrons. The molecule has 2 aromatic heterocycles. The van der Waals surface area contributed by atoms with E-state index in [1.165, 1.54) is 12.3 Å². The fraction of sp³-hybridized carbons (Fsp3) is 0.200. The number of nitrogens with one attached hydrogen (secondary N) is 1. The minimum Gasteiger partial charge on any atom is -0.436 e. The van der Waals surface area contributed by atoms with Gasteiger partial charge in [0, 0.05) is 42.2 Å². The quantitative estimate of drug-likeness (QED) is 0.568. The summed E-state index contributed by atoms with van der Waals surface area (Å²) in [6, 6.07) is 9.76.